The standard InChI is InChI=1S/C16H31N3O2/c1-17-14-6-7-16(20-9-10-21-16)11-15(14)19-8-4-5-13(12-19)18(2)3/h13-15,17H,4-12H2,1-3H3. The fraction of sp³-hybridized carbons (Fsp3) is 1.00. The Hall–Kier alpha value is -0.200. The Bertz CT molecular complexity index is 344. The van der Waals surface area contributed by atoms with E-state index in [1.54, 1.807) is 0 Å². The molecule has 0 aromatic heterocycles. The molecule has 5 nitrogen and oxygen atoms in total. The third kappa shape index (κ3) is 3.27. The molecule has 1 spiro atoms. The second-order valence-electron chi connectivity index (χ2n) is 7.07. The fourth-order valence-corrected chi connectivity index (χ4v) is 4.32. The quantitative estimate of drug-likeness (QED) is 0.837. The van der Waals surface area contributed by atoms with Gasteiger partial charge in [-0.2, -0.15) is 0 Å². The first-order valence-corrected chi connectivity index (χ1v) is 8.49. The Labute approximate surface area is 128 Å². The number of likely N-dealkylation sites (tertiary alicyclic amines) is 1. The van der Waals surface area contributed by atoms with Crippen LogP contribution in [0.25, 0.3) is 0 Å². The average Bonchev–Trinajstić information content (AvgIpc) is 2.95. The molecule has 5 heteroatoms. The molecule has 21 heavy (non-hydrogen) atoms. The van der Waals surface area contributed by atoms with Gasteiger partial charge >= 0.3 is 0 Å². The van der Waals surface area contributed by atoms with Gasteiger partial charge in [-0.25, -0.2) is 0 Å². The summed E-state index contributed by atoms with van der Waals surface area (Å²) in [6.07, 6.45) is 5.80. The zero-order valence-electron chi connectivity index (χ0n) is 13.8. The van der Waals surface area contributed by atoms with E-state index >= 15 is 0 Å². The van der Waals surface area contributed by atoms with Gasteiger partial charge in [-0.15, -0.1) is 0 Å². The van der Waals surface area contributed by atoms with Gasteiger partial charge in [0, 0.05) is 37.5 Å². The molecular formula is C16H31N3O2. The monoisotopic (exact) mass is 297 g/mol. The minimum atomic E-state index is -0.289. The molecule has 1 saturated carbocycles. The Morgan fingerprint density at radius 3 is 2.62 bits per heavy atom. The molecule has 3 atom stereocenters. The summed E-state index contributed by atoms with van der Waals surface area (Å²) >= 11 is 0. The fourth-order valence-electron chi connectivity index (χ4n) is 4.32. The first kappa shape index (κ1) is 15.7. The molecule has 3 fully saturated rings. The molecule has 0 amide bonds. The van der Waals surface area contributed by atoms with E-state index in [1.165, 1.54) is 25.9 Å². The summed E-state index contributed by atoms with van der Waals surface area (Å²) in [6, 6.07) is 1.77. The van der Waals surface area contributed by atoms with Crippen LogP contribution in [0, 0.1) is 0 Å². The van der Waals surface area contributed by atoms with E-state index in [0.717, 1.165) is 32.5 Å². The van der Waals surface area contributed by atoms with E-state index in [-0.39, 0.29) is 5.79 Å². The number of rotatable bonds is 3. The Morgan fingerprint density at radius 2 is 1.95 bits per heavy atom. The number of likely N-dealkylation sites (N-methyl/N-ethyl adjacent to an activating group) is 2. The van der Waals surface area contributed by atoms with Crippen molar-refractivity contribution >= 4 is 0 Å². The molecule has 0 radical (unpaired) electrons. The lowest BCUT2D eigenvalue weighted by atomic mass is 9.83. The number of hydrogen-bond donors (Lipinski definition) is 1. The van der Waals surface area contributed by atoms with E-state index in [2.05, 4.69) is 36.3 Å². The van der Waals surface area contributed by atoms with Crippen LogP contribution in [0.1, 0.15) is 32.1 Å². The predicted octanol–water partition coefficient (Wildman–Crippen LogP) is 0.896. The minimum Gasteiger partial charge on any atom is -0.347 e. The second kappa shape index (κ2) is 6.50. The third-order valence-electron chi connectivity index (χ3n) is 5.63. The van der Waals surface area contributed by atoms with E-state index in [9.17, 15) is 0 Å². The topological polar surface area (TPSA) is 37.0 Å². The van der Waals surface area contributed by atoms with Gasteiger partial charge in [-0.05, 0) is 47.0 Å². The van der Waals surface area contributed by atoms with Crippen LogP contribution >= 0.6 is 0 Å². The Morgan fingerprint density at radius 1 is 1.19 bits per heavy atom. The van der Waals surface area contributed by atoms with Gasteiger partial charge in [0.15, 0.2) is 5.79 Å². The van der Waals surface area contributed by atoms with Crippen LogP contribution in [-0.2, 0) is 9.47 Å². The lowest BCUT2D eigenvalue weighted by Gasteiger charge is -2.48. The zero-order valence-corrected chi connectivity index (χ0v) is 13.8. The zero-order chi connectivity index (χ0) is 14.9. The molecule has 3 rings (SSSR count). The third-order valence-corrected chi connectivity index (χ3v) is 5.63. The molecule has 122 valence electrons. The van der Waals surface area contributed by atoms with Crippen LogP contribution in [-0.4, -0.2) is 81.2 Å². The van der Waals surface area contributed by atoms with Gasteiger partial charge in [0.05, 0.1) is 13.2 Å². The summed E-state index contributed by atoms with van der Waals surface area (Å²) < 4.78 is 12.0. The summed E-state index contributed by atoms with van der Waals surface area (Å²) in [5.41, 5.74) is 0. The first-order chi connectivity index (χ1) is 10.1. The molecule has 0 aromatic rings. The second-order valence-corrected chi connectivity index (χ2v) is 7.07. The lowest BCUT2D eigenvalue weighted by molar-refractivity contribution is -0.194. The van der Waals surface area contributed by atoms with Gasteiger partial charge < -0.3 is 19.7 Å². The Balaban J connectivity index is 1.70. The minimum absolute atomic E-state index is 0.289. The highest BCUT2D eigenvalue weighted by atomic mass is 16.7. The molecule has 0 aromatic carbocycles. The van der Waals surface area contributed by atoms with E-state index in [0.29, 0.717) is 18.1 Å². The molecule has 2 aliphatic heterocycles. The van der Waals surface area contributed by atoms with Gasteiger partial charge in [0.1, 0.15) is 0 Å². The summed E-state index contributed by atoms with van der Waals surface area (Å²) in [5, 5.41) is 3.54. The molecule has 0 bridgehead atoms. The van der Waals surface area contributed by atoms with E-state index < -0.39 is 0 Å². The van der Waals surface area contributed by atoms with Crippen LogP contribution < -0.4 is 5.32 Å². The molecule has 1 aliphatic carbocycles. The van der Waals surface area contributed by atoms with E-state index in [4.69, 9.17) is 9.47 Å². The number of hydrogen-bond acceptors (Lipinski definition) is 5. The van der Waals surface area contributed by atoms with Gasteiger partial charge in [0.25, 0.3) is 0 Å². The number of nitrogens with zero attached hydrogens (tertiary/aromatic N) is 2. The van der Waals surface area contributed by atoms with Crippen LogP contribution in [0.4, 0.5) is 0 Å². The smallest absolute Gasteiger partial charge is 0.170 e. The maximum atomic E-state index is 5.98. The highest BCUT2D eigenvalue weighted by molar-refractivity contribution is 4.97. The highest BCUT2D eigenvalue weighted by Crippen LogP contribution is 2.38. The van der Waals surface area contributed by atoms with E-state index in [1.807, 2.05) is 0 Å². The summed E-state index contributed by atoms with van der Waals surface area (Å²) in [5.74, 6) is -0.289. The van der Waals surface area contributed by atoms with Crippen molar-refractivity contribution in [2.45, 2.75) is 56.0 Å². The average molecular weight is 297 g/mol. The van der Waals surface area contributed by atoms with Crippen molar-refractivity contribution in [2.75, 3.05) is 47.4 Å². The maximum absolute atomic E-state index is 5.98. The van der Waals surface area contributed by atoms with Crippen LogP contribution in [0.5, 0.6) is 0 Å². The predicted molar refractivity (Wildman–Crippen MR) is 83.4 cm³/mol. The SMILES string of the molecule is CNC1CCC2(CC1N1CCCC(N(C)C)C1)OCCO2. The molecule has 1 N–H and O–H groups in total. The largest absolute Gasteiger partial charge is 0.347 e. The normalized spacial score (nSPS) is 37.4. The van der Waals surface area contributed by atoms with Gasteiger partial charge in [-0.1, -0.05) is 0 Å². The first-order valence-electron chi connectivity index (χ1n) is 8.49. The van der Waals surface area contributed by atoms with Crippen molar-refractivity contribution in [1.82, 2.24) is 15.1 Å². The van der Waals surface area contributed by atoms with Crippen molar-refractivity contribution in [1.29, 1.82) is 0 Å². The molecule has 3 aliphatic rings. The number of piperidine rings is 1. The summed E-state index contributed by atoms with van der Waals surface area (Å²) in [7, 11) is 6.50. The van der Waals surface area contributed by atoms with Crippen molar-refractivity contribution in [3.05, 3.63) is 0 Å². The highest BCUT2D eigenvalue weighted by Gasteiger charge is 2.47. The lowest BCUT2D eigenvalue weighted by Crippen LogP contribution is -2.60. The number of nitrogens with one attached hydrogen (secondary N) is 1. The van der Waals surface area contributed by atoms with Crippen molar-refractivity contribution < 1.29 is 9.47 Å². The van der Waals surface area contributed by atoms with Crippen LogP contribution in [0.2, 0.25) is 0 Å². The molecule has 3 unspecified atom stereocenters. The van der Waals surface area contributed by atoms with Crippen molar-refractivity contribution in [3.8, 4) is 0 Å². The molecule has 2 heterocycles. The maximum Gasteiger partial charge on any atom is 0.170 e. The van der Waals surface area contributed by atoms with Crippen molar-refractivity contribution in [3.63, 3.8) is 0 Å². The van der Waals surface area contributed by atoms with Crippen LogP contribution in [0.3, 0.4) is 0 Å². The number of ether oxygens (including phenoxy) is 2. The van der Waals surface area contributed by atoms with Gasteiger partial charge in [-0.3, -0.25) is 4.90 Å². The van der Waals surface area contributed by atoms with Crippen molar-refractivity contribution in [2.24, 2.45) is 0 Å². The van der Waals surface area contributed by atoms with Crippen LogP contribution in [0.15, 0.2) is 0 Å². The summed E-state index contributed by atoms with van der Waals surface area (Å²) in [4.78, 5) is 5.06. The molecule has 2 saturated heterocycles. The van der Waals surface area contributed by atoms with Gasteiger partial charge in [0.2, 0.25) is 0 Å². The summed E-state index contributed by atoms with van der Waals surface area (Å²) in [6.45, 7) is 3.91. The molecular weight excluding hydrogens is 266 g/mol. The Kier molecular flexibility index (Phi) is 4.86.